The molecule has 0 N–H and O–H groups in total. The van der Waals surface area contributed by atoms with E-state index < -0.39 is 53.5 Å². The Kier molecular flexibility index (Phi) is 13.4. The predicted molar refractivity (Wildman–Crippen MR) is 193 cm³/mol. The first-order valence-corrected chi connectivity index (χ1v) is 17.1. The van der Waals surface area contributed by atoms with Gasteiger partial charge in [0.1, 0.15) is 6.61 Å². The molecule has 0 saturated carbocycles. The third-order valence-corrected chi connectivity index (χ3v) is 8.37. The van der Waals surface area contributed by atoms with Crippen LogP contribution in [0.4, 0.5) is 18.9 Å². The van der Waals surface area contributed by atoms with E-state index in [4.69, 9.17) is 18.9 Å². The van der Waals surface area contributed by atoms with E-state index in [1.54, 1.807) is 64.1 Å². The summed E-state index contributed by atoms with van der Waals surface area (Å²) in [5, 5.41) is 0. The summed E-state index contributed by atoms with van der Waals surface area (Å²) in [7, 11) is 0. The number of hydrogen-bond acceptors (Lipinski definition) is 9. The number of esters is 4. The molecule has 0 bridgehead atoms. The summed E-state index contributed by atoms with van der Waals surface area (Å²) in [5.74, 6) is -4.04. The zero-order valence-corrected chi connectivity index (χ0v) is 30.5. The predicted octanol–water partition coefficient (Wildman–Crippen LogP) is 7.42. The molecule has 10 nitrogen and oxygen atoms in total. The number of halogens is 3. The Balaban J connectivity index is 1.65. The first kappa shape index (κ1) is 40.8. The molecule has 0 aliphatic heterocycles. The van der Waals surface area contributed by atoms with Crippen molar-refractivity contribution in [1.82, 2.24) is 0 Å². The molecule has 0 heterocycles. The van der Waals surface area contributed by atoms with Gasteiger partial charge in [-0.3, -0.25) is 24.0 Å². The van der Waals surface area contributed by atoms with Crippen molar-refractivity contribution in [2.24, 2.45) is 0 Å². The van der Waals surface area contributed by atoms with E-state index >= 15 is 0 Å². The third-order valence-electron chi connectivity index (χ3n) is 8.37. The normalized spacial score (nSPS) is 11.3. The first-order valence-electron chi connectivity index (χ1n) is 17.1. The van der Waals surface area contributed by atoms with Crippen LogP contribution in [0.3, 0.4) is 0 Å². The minimum absolute atomic E-state index is 0.0520. The fraction of sp³-hybridized carbons (Fsp3) is 0.293. The number of carbonyl (C=O) groups is 5. The molecule has 0 radical (unpaired) electrons. The van der Waals surface area contributed by atoms with Crippen LogP contribution in [0.2, 0.25) is 0 Å². The van der Waals surface area contributed by atoms with Crippen LogP contribution in [0.5, 0.6) is 5.75 Å². The van der Waals surface area contributed by atoms with E-state index in [1.807, 2.05) is 0 Å². The maximum absolute atomic E-state index is 14.2. The van der Waals surface area contributed by atoms with E-state index in [1.165, 1.54) is 54.3 Å². The highest BCUT2D eigenvalue weighted by atomic mass is 19.4. The van der Waals surface area contributed by atoms with Crippen LogP contribution >= 0.6 is 0 Å². The molecule has 0 unspecified atom stereocenters. The molecule has 0 fully saturated rings. The van der Waals surface area contributed by atoms with Crippen molar-refractivity contribution in [2.75, 3.05) is 31.3 Å². The lowest BCUT2D eigenvalue weighted by atomic mass is 9.81. The lowest BCUT2D eigenvalue weighted by Crippen LogP contribution is -2.50. The standard InChI is InChI=1S/C41H40F3NO9/c1-6-45(37(48)32-20-14-26(4)22-33(32)29-16-18-31(19-17-29)41(42,43)44)34-21-15-28(23-35(34)54-27(5)46)24-36(47)53-25-40(38(49)51-7-2,39(50)52-8-3)30-12-10-9-11-13-30/h9-23H,6-8,24-25H2,1-5H3. The van der Waals surface area contributed by atoms with Crippen molar-refractivity contribution in [3.63, 3.8) is 0 Å². The molecule has 1 amide bonds. The van der Waals surface area contributed by atoms with Gasteiger partial charge in [0.2, 0.25) is 5.41 Å². The van der Waals surface area contributed by atoms with Gasteiger partial charge in [-0.05, 0) is 80.3 Å². The lowest BCUT2D eigenvalue weighted by Gasteiger charge is -2.29. The average molecular weight is 748 g/mol. The second-order valence-corrected chi connectivity index (χ2v) is 12.1. The van der Waals surface area contributed by atoms with Gasteiger partial charge in [-0.25, -0.2) is 0 Å². The Morgan fingerprint density at radius 3 is 1.91 bits per heavy atom. The highest BCUT2D eigenvalue weighted by molar-refractivity contribution is 6.11. The number of aryl methyl sites for hydroxylation is 1. The van der Waals surface area contributed by atoms with Gasteiger partial charge in [0.15, 0.2) is 5.75 Å². The summed E-state index contributed by atoms with van der Waals surface area (Å²) in [5.41, 5.74) is -0.488. The second kappa shape index (κ2) is 17.7. The van der Waals surface area contributed by atoms with Crippen LogP contribution in [0, 0.1) is 6.92 Å². The van der Waals surface area contributed by atoms with Crippen LogP contribution < -0.4 is 9.64 Å². The molecular formula is C41H40F3NO9. The van der Waals surface area contributed by atoms with E-state index in [9.17, 15) is 37.1 Å². The molecule has 4 aromatic carbocycles. The van der Waals surface area contributed by atoms with Crippen LogP contribution in [-0.4, -0.2) is 56.1 Å². The number of ether oxygens (including phenoxy) is 4. The number of alkyl halides is 3. The van der Waals surface area contributed by atoms with Gasteiger partial charge >= 0.3 is 30.1 Å². The van der Waals surface area contributed by atoms with Gasteiger partial charge in [-0.1, -0.05) is 66.2 Å². The maximum Gasteiger partial charge on any atom is 0.416 e. The number of anilines is 1. The smallest absolute Gasteiger partial charge is 0.416 e. The van der Waals surface area contributed by atoms with Crippen molar-refractivity contribution in [3.8, 4) is 16.9 Å². The fourth-order valence-corrected chi connectivity index (χ4v) is 5.78. The molecule has 0 aliphatic rings. The largest absolute Gasteiger partial charge is 0.465 e. The molecule has 0 spiro atoms. The molecule has 13 heteroatoms. The zero-order chi connectivity index (χ0) is 39.6. The molecular weight excluding hydrogens is 707 g/mol. The van der Waals surface area contributed by atoms with Crippen LogP contribution in [0.25, 0.3) is 11.1 Å². The highest BCUT2D eigenvalue weighted by Crippen LogP contribution is 2.36. The number of hydrogen-bond donors (Lipinski definition) is 0. The molecule has 0 aromatic heterocycles. The van der Waals surface area contributed by atoms with Gasteiger partial charge < -0.3 is 23.8 Å². The Bertz CT molecular complexity index is 1980. The number of amides is 1. The average Bonchev–Trinajstić information content (AvgIpc) is 3.13. The second-order valence-electron chi connectivity index (χ2n) is 12.1. The molecule has 0 saturated heterocycles. The Morgan fingerprint density at radius 2 is 1.35 bits per heavy atom. The Labute approximate surface area is 310 Å². The molecule has 54 heavy (non-hydrogen) atoms. The third kappa shape index (κ3) is 9.32. The number of rotatable bonds is 14. The molecule has 284 valence electrons. The summed E-state index contributed by atoms with van der Waals surface area (Å²) in [6, 6.07) is 21.8. The summed E-state index contributed by atoms with van der Waals surface area (Å²) in [6.07, 6.45) is -4.92. The molecule has 4 rings (SSSR count). The minimum atomic E-state index is -4.53. The fourth-order valence-electron chi connectivity index (χ4n) is 5.78. The Morgan fingerprint density at radius 1 is 0.722 bits per heavy atom. The maximum atomic E-state index is 14.2. The molecule has 0 aliphatic carbocycles. The van der Waals surface area contributed by atoms with Gasteiger partial charge in [0, 0.05) is 19.0 Å². The SMILES string of the molecule is CCOC(=O)C(COC(=O)Cc1ccc(N(CC)C(=O)c2ccc(C)cc2-c2ccc(C(F)(F)F)cc2)c(OC(C)=O)c1)(C(=O)OCC)c1ccccc1. The summed E-state index contributed by atoms with van der Waals surface area (Å²) in [6.45, 7) is 7.06. The number of carbonyl (C=O) groups excluding carboxylic acids is 5. The van der Waals surface area contributed by atoms with Gasteiger partial charge in [0.25, 0.3) is 5.91 Å². The summed E-state index contributed by atoms with van der Waals surface area (Å²) < 4.78 is 61.3. The van der Waals surface area contributed by atoms with E-state index in [-0.39, 0.29) is 48.7 Å². The van der Waals surface area contributed by atoms with Crippen molar-refractivity contribution in [3.05, 3.63) is 119 Å². The highest BCUT2D eigenvalue weighted by Gasteiger charge is 2.52. The van der Waals surface area contributed by atoms with Crippen LogP contribution in [0.15, 0.2) is 91.0 Å². The van der Waals surface area contributed by atoms with E-state index in [0.717, 1.165) is 17.7 Å². The van der Waals surface area contributed by atoms with E-state index in [2.05, 4.69) is 0 Å². The molecule has 4 aromatic rings. The van der Waals surface area contributed by atoms with Gasteiger partial charge in [-0.15, -0.1) is 0 Å². The number of nitrogens with zero attached hydrogens (tertiary/aromatic N) is 1. The summed E-state index contributed by atoms with van der Waals surface area (Å²) in [4.78, 5) is 67.6. The summed E-state index contributed by atoms with van der Waals surface area (Å²) >= 11 is 0. The quantitative estimate of drug-likeness (QED) is 0.0561. The number of benzene rings is 4. The zero-order valence-electron chi connectivity index (χ0n) is 30.5. The van der Waals surface area contributed by atoms with Gasteiger partial charge in [0.05, 0.1) is 30.9 Å². The lowest BCUT2D eigenvalue weighted by molar-refractivity contribution is -0.170. The van der Waals surface area contributed by atoms with Crippen molar-refractivity contribution in [2.45, 2.75) is 52.6 Å². The van der Waals surface area contributed by atoms with Crippen molar-refractivity contribution >= 4 is 35.5 Å². The minimum Gasteiger partial charge on any atom is -0.465 e. The van der Waals surface area contributed by atoms with Gasteiger partial charge in [-0.2, -0.15) is 13.2 Å². The Hall–Kier alpha value is -5.98. The topological polar surface area (TPSA) is 126 Å². The van der Waals surface area contributed by atoms with Crippen molar-refractivity contribution in [1.29, 1.82) is 0 Å². The first-order chi connectivity index (χ1) is 25.7. The van der Waals surface area contributed by atoms with E-state index in [0.29, 0.717) is 16.7 Å². The van der Waals surface area contributed by atoms with Crippen LogP contribution in [-0.2, 0) is 51.4 Å². The monoisotopic (exact) mass is 747 g/mol. The molecule has 0 atom stereocenters. The van der Waals surface area contributed by atoms with Crippen LogP contribution in [0.1, 0.15) is 60.3 Å². The van der Waals surface area contributed by atoms with Crippen molar-refractivity contribution < 1.29 is 56.1 Å².